The van der Waals surface area contributed by atoms with Crippen molar-refractivity contribution in [3.8, 4) is 11.5 Å². The van der Waals surface area contributed by atoms with Gasteiger partial charge in [-0.2, -0.15) is 0 Å². The molecule has 0 aliphatic carbocycles. The van der Waals surface area contributed by atoms with E-state index in [1.165, 1.54) is 29.5 Å². The second kappa shape index (κ2) is 10.3. The van der Waals surface area contributed by atoms with Crippen molar-refractivity contribution in [2.24, 2.45) is 0 Å². The molecule has 0 aliphatic heterocycles. The lowest BCUT2D eigenvalue weighted by atomic mass is 10.2. The summed E-state index contributed by atoms with van der Waals surface area (Å²) in [5, 5.41) is 14.6. The number of carbonyl (C=O) groups excluding carboxylic acids is 1. The van der Waals surface area contributed by atoms with Crippen molar-refractivity contribution in [1.82, 2.24) is 4.98 Å². The number of amides is 1. The number of fused-ring (bicyclic) bond motifs is 1. The van der Waals surface area contributed by atoms with Gasteiger partial charge >= 0.3 is 0 Å². The molecule has 172 valence electrons. The van der Waals surface area contributed by atoms with Crippen molar-refractivity contribution in [3.63, 3.8) is 0 Å². The molecule has 0 saturated heterocycles. The van der Waals surface area contributed by atoms with Gasteiger partial charge in [0.2, 0.25) is 5.91 Å². The normalized spacial score (nSPS) is 11.0. The molecule has 4 aromatic rings. The molecule has 0 saturated carbocycles. The summed E-state index contributed by atoms with van der Waals surface area (Å²) in [6.07, 6.45) is 3.01. The fourth-order valence-corrected chi connectivity index (χ4v) is 4.08. The number of nitrogens with one attached hydrogen (secondary N) is 1. The number of hydrogen-bond acceptors (Lipinski definition) is 7. The number of nitrogens with zero attached hydrogens (tertiary/aromatic N) is 2. The summed E-state index contributed by atoms with van der Waals surface area (Å²) >= 11 is 7.07. The Hall–Kier alpha value is -3.95. The number of ether oxygens (including phenoxy) is 2. The number of benzene rings is 3. The summed E-state index contributed by atoms with van der Waals surface area (Å²) in [5.74, 6) is 0.725. The minimum absolute atomic E-state index is 0.0246. The molecule has 8 nitrogen and oxygen atoms in total. The third-order valence-electron chi connectivity index (χ3n) is 4.74. The Bertz CT molecular complexity index is 1390. The van der Waals surface area contributed by atoms with Crippen LogP contribution < -0.4 is 14.8 Å². The maximum absolute atomic E-state index is 12.3. The van der Waals surface area contributed by atoms with Crippen molar-refractivity contribution in [3.05, 3.63) is 93.0 Å². The van der Waals surface area contributed by atoms with Crippen LogP contribution in [0.4, 0.5) is 10.8 Å². The van der Waals surface area contributed by atoms with E-state index >= 15 is 0 Å². The van der Waals surface area contributed by atoms with Gasteiger partial charge in [0.25, 0.3) is 5.69 Å². The number of carbonyl (C=O) groups is 1. The first-order valence-electron chi connectivity index (χ1n) is 10.0. The van der Waals surface area contributed by atoms with Crippen LogP contribution in [0, 0.1) is 10.1 Å². The second-order valence-electron chi connectivity index (χ2n) is 7.08. The van der Waals surface area contributed by atoms with Crippen molar-refractivity contribution < 1.29 is 19.2 Å². The molecule has 0 spiro atoms. The van der Waals surface area contributed by atoms with Gasteiger partial charge in [-0.1, -0.05) is 41.1 Å². The molecule has 0 atom stereocenters. The van der Waals surface area contributed by atoms with Crippen LogP contribution in [0.1, 0.15) is 11.1 Å². The zero-order chi connectivity index (χ0) is 24.1. The third-order valence-corrected chi connectivity index (χ3v) is 5.92. The topological polar surface area (TPSA) is 104 Å². The molecule has 1 N–H and O–H groups in total. The Labute approximate surface area is 203 Å². The van der Waals surface area contributed by atoms with Crippen LogP contribution in [0.2, 0.25) is 5.02 Å². The number of thiazole rings is 1. The Morgan fingerprint density at radius 3 is 2.68 bits per heavy atom. The van der Waals surface area contributed by atoms with Crippen LogP contribution in [-0.4, -0.2) is 22.9 Å². The first-order valence-corrected chi connectivity index (χ1v) is 11.2. The van der Waals surface area contributed by atoms with E-state index in [9.17, 15) is 14.9 Å². The number of aromatic nitrogens is 1. The zero-order valence-electron chi connectivity index (χ0n) is 17.9. The van der Waals surface area contributed by atoms with Crippen LogP contribution in [-0.2, 0) is 11.4 Å². The fraction of sp³-hybridized carbons (Fsp3) is 0.0833. The monoisotopic (exact) mass is 495 g/mol. The van der Waals surface area contributed by atoms with E-state index in [1.807, 2.05) is 12.1 Å². The highest BCUT2D eigenvalue weighted by Crippen LogP contribution is 2.30. The van der Waals surface area contributed by atoms with Crippen LogP contribution in [0.25, 0.3) is 16.3 Å². The Kier molecular flexibility index (Phi) is 7.05. The van der Waals surface area contributed by atoms with Crippen LogP contribution >= 0.6 is 22.9 Å². The van der Waals surface area contributed by atoms with Gasteiger partial charge in [0.1, 0.15) is 6.61 Å². The summed E-state index contributed by atoms with van der Waals surface area (Å²) in [5.41, 5.74) is 2.26. The summed E-state index contributed by atoms with van der Waals surface area (Å²) < 4.78 is 11.9. The fourth-order valence-electron chi connectivity index (χ4n) is 3.05. The zero-order valence-corrected chi connectivity index (χ0v) is 19.4. The highest BCUT2D eigenvalue weighted by molar-refractivity contribution is 7.22. The Balaban J connectivity index is 1.40. The molecule has 1 aromatic heterocycles. The smallest absolute Gasteiger partial charge is 0.270 e. The first-order chi connectivity index (χ1) is 16.4. The maximum atomic E-state index is 12.3. The summed E-state index contributed by atoms with van der Waals surface area (Å²) in [6, 6.07) is 17.1. The van der Waals surface area contributed by atoms with Crippen molar-refractivity contribution in [2.75, 3.05) is 12.4 Å². The standard InChI is InChI=1S/C24H18ClN3O5S/c1-32-21-12-15(4-10-20(21)33-14-16-2-6-17(25)7-3-16)5-11-23(29)27-24-26-19-9-8-18(28(30)31)13-22(19)34-24/h2-13H,14H2,1H3,(H,26,27,29)/b11-5+. The van der Waals surface area contributed by atoms with Gasteiger partial charge in [-0.15, -0.1) is 0 Å². The molecule has 4 rings (SSSR count). The SMILES string of the molecule is COc1cc(/C=C/C(=O)Nc2nc3ccc([N+](=O)[O-])cc3s2)ccc1OCc1ccc(Cl)cc1. The number of nitro groups is 1. The minimum Gasteiger partial charge on any atom is -0.493 e. The summed E-state index contributed by atoms with van der Waals surface area (Å²) in [4.78, 5) is 27.1. The maximum Gasteiger partial charge on any atom is 0.270 e. The molecule has 34 heavy (non-hydrogen) atoms. The molecule has 10 heteroatoms. The molecule has 1 amide bonds. The molecular formula is C24H18ClN3O5S. The number of anilines is 1. The van der Waals surface area contributed by atoms with E-state index in [0.717, 1.165) is 11.1 Å². The summed E-state index contributed by atoms with van der Waals surface area (Å²) in [7, 11) is 1.54. The largest absolute Gasteiger partial charge is 0.493 e. The van der Waals surface area contributed by atoms with Crippen molar-refractivity contribution in [2.45, 2.75) is 6.61 Å². The molecular weight excluding hydrogens is 478 g/mol. The Morgan fingerprint density at radius 2 is 1.94 bits per heavy atom. The number of rotatable bonds is 8. The molecule has 0 fully saturated rings. The number of nitro benzene ring substituents is 1. The van der Waals surface area contributed by atoms with Crippen LogP contribution in [0.3, 0.4) is 0 Å². The molecule has 1 heterocycles. The molecule has 0 aliphatic rings. The van der Waals surface area contributed by atoms with Crippen LogP contribution in [0.15, 0.2) is 66.7 Å². The highest BCUT2D eigenvalue weighted by atomic mass is 35.5. The van der Waals surface area contributed by atoms with E-state index in [-0.39, 0.29) is 11.6 Å². The lowest BCUT2D eigenvalue weighted by Gasteiger charge is -2.11. The highest BCUT2D eigenvalue weighted by Gasteiger charge is 2.11. The lowest BCUT2D eigenvalue weighted by molar-refractivity contribution is -0.384. The van der Waals surface area contributed by atoms with E-state index < -0.39 is 4.92 Å². The number of non-ortho nitro benzene ring substituents is 1. The minimum atomic E-state index is -0.470. The summed E-state index contributed by atoms with van der Waals surface area (Å²) in [6.45, 7) is 0.358. The van der Waals surface area contributed by atoms with Gasteiger partial charge in [-0.05, 0) is 47.5 Å². The predicted octanol–water partition coefficient (Wildman–Crippen LogP) is 6.10. The van der Waals surface area contributed by atoms with E-state index in [2.05, 4.69) is 10.3 Å². The Morgan fingerprint density at radius 1 is 1.15 bits per heavy atom. The van der Waals surface area contributed by atoms with Gasteiger partial charge in [-0.3, -0.25) is 20.2 Å². The lowest BCUT2D eigenvalue weighted by Crippen LogP contribution is -2.07. The van der Waals surface area contributed by atoms with Crippen molar-refractivity contribution in [1.29, 1.82) is 0 Å². The number of hydrogen-bond donors (Lipinski definition) is 1. The molecule has 3 aromatic carbocycles. The van der Waals surface area contributed by atoms with E-state index in [0.29, 0.717) is 38.5 Å². The quantitative estimate of drug-likeness (QED) is 0.180. The van der Waals surface area contributed by atoms with Gasteiger partial charge in [0.15, 0.2) is 16.6 Å². The van der Waals surface area contributed by atoms with E-state index in [4.69, 9.17) is 21.1 Å². The van der Waals surface area contributed by atoms with Gasteiger partial charge in [0.05, 0.1) is 22.2 Å². The van der Waals surface area contributed by atoms with Crippen molar-refractivity contribution >= 4 is 56.0 Å². The predicted molar refractivity (Wildman–Crippen MR) is 133 cm³/mol. The second-order valence-corrected chi connectivity index (χ2v) is 8.54. The molecule has 0 radical (unpaired) electrons. The number of methoxy groups -OCH3 is 1. The third kappa shape index (κ3) is 5.69. The van der Waals surface area contributed by atoms with Gasteiger partial charge < -0.3 is 9.47 Å². The van der Waals surface area contributed by atoms with Gasteiger partial charge in [-0.25, -0.2) is 4.98 Å². The molecule has 0 unspecified atom stereocenters. The average molecular weight is 496 g/mol. The van der Waals surface area contributed by atoms with Crippen LogP contribution in [0.5, 0.6) is 11.5 Å². The van der Waals surface area contributed by atoms with E-state index in [1.54, 1.807) is 49.6 Å². The van der Waals surface area contributed by atoms with Gasteiger partial charge in [0, 0.05) is 23.2 Å². The first kappa shape index (κ1) is 23.2. The average Bonchev–Trinajstić information content (AvgIpc) is 3.24. The number of halogens is 1. The molecule has 0 bridgehead atoms.